The number of nitrogens with zero attached hydrogens (tertiary/aromatic N) is 1. The van der Waals surface area contributed by atoms with E-state index in [2.05, 4.69) is 4.98 Å². The zero-order valence-corrected chi connectivity index (χ0v) is 19.8. The number of thiophene rings is 1. The van der Waals surface area contributed by atoms with Crippen LogP contribution in [0.2, 0.25) is 0 Å². The topological polar surface area (TPSA) is 12.9 Å². The van der Waals surface area contributed by atoms with E-state index in [-0.39, 0.29) is 20.3 Å². The van der Waals surface area contributed by atoms with Gasteiger partial charge < -0.3 is 0 Å². The fourth-order valence-corrected chi connectivity index (χ4v) is 6.57. The maximum atomic E-state index is 15.2. The first-order valence-corrected chi connectivity index (χ1v) is 11.9. The summed E-state index contributed by atoms with van der Waals surface area (Å²) in [6.07, 6.45) is 0. The van der Waals surface area contributed by atoms with Gasteiger partial charge >= 0.3 is 17.8 Å². The van der Waals surface area contributed by atoms with Crippen LogP contribution >= 0.6 is 22.7 Å². The summed E-state index contributed by atoms with van der Waals surface area (Å²) in [5.74, 6) is -15.8. The predicted octanol–water partition coefficient (Wildman–Crippen LogP) is 8.78. The Balaban J connectivity index is 1.85. The maximum absolute atomic E-state index is 15.2. The van der Waals surface area contributed by atoms with Crippen LogP contribution in [0.3, 0.4) is 0 Å². The lowest BCUT2D eigenvalue weighted by Gasteiger charge is -2.25. The standard InChI is InChI=1S/C25H17F6NS2/c1-12-9-10-16-13(2)21(34-17(16)11-12)19-18(23(26,27)25(30,31)24(19,28)29)20-14(3)33-22(32-20)15-7-5-4-6-8-15/h4-11H,1-3H3. The van der Waals surface area contributed by atoms with Crippen molar-refractivity contribution in [2.45, 2.75) is 38.5 Å². The highest BCUT2D eigenvalue weighted by Gasteiger charge is 2.81. The average molecular weight is 510 g/mol. The van der Waals surface area contributed by atoms with Gasteiger partial charge in [-0.15, -0.1) is 22.7 Å². The van der Waals surface area contributed by atoms with Crippen molar-refractivity contribution in [2.75, 3.05) is 0 Å². The smallest absolute Gasteiger partial charge is 0.236 e. The highest BCUT2D eigenvalue weighted by Crippen LogP contribution is 2.66. The van der Waals surface area contributed by atoms with Crippen LogP contribution in [0.1, 0.15) is 26.6 Å². The monoisotopic (exact) mass is 509 g/mol. The summed E-state index contributed by atoms with van der Waals surface area (Å²) in [6, 6.07) is 13.7. The van der Waals surface area contributed by atoms with E-state index in [1.807, 2.05) is 0 Å². The third kappa shape index (κ3) is 3.02. The van der Waals surface area contributed by atoms with Gasteiger partial charge in [-0.2, -0.15) is 26.3 Å². The van der Waals surface area contributed by atoms with E-state index in [4.69, 9.17) is 0 Å². The van der Waals surface area contributed by atoms with Gasteiger partial charge in [0.05, 0.1) is 16.8 Å². The molecule has 34 heavy (non-hydrogen) atoms. The highest BCUT2D eigenvalue weighted by atomic mass is 32.1. The molecule has 5 rings (SSSR count). The number of allylic oxidation sites excluding steroid dienone is 2. The van der Waals surface area contributed by atoms with E-state index in [0.717, 1.165) is 28.2 Å². The van der Waals surface area contributed by atoms with Crippen molar-refractivity contribution >= 4 is 43.9 Å². The van der Waals surface area contributed by atoms with Crippen LogP contribution in [0.4, 0.5) is 26.3 Å². The van der Waals surface area contributed by atoms with E-state index in [0.29, 0.717) is 15.6 Å². The zero-order valence-electron chi connectivity index (χ0n) is 18.2. The summed E-state index contributed by atoms with van der Waals surface area (Å²) < 4.78 is 91.0. The summed E-state index contributed by atoms with van der Waals surface area (Å²) in [7, 11) is 0. The van der Waals surface area contributed by atoms with E-state index >= 15 is 17.6 Å². The maximum Gasteiger partial charge on any atom is 0.380 e. The molecule has 0 spiro atoms. The van der Waals surface area contributed by atoms with Crippen LogP contribution in [0, 0.1) is 20.8 Å². The molecule has 1 aliphatic carbocycles. The van der Waals surface area contributed by atoms with Crippen molar-refractivity contribution in [1.82, 2.24) is 4.98 Å². The molecule has 0 fully saturated rings. The molecule has 2 heterocycles. The van der Waals surface area contributed by atoms with Gasteiger partial charge in [0, 0.05) is 20.0 Å². The van der Waals surface area contributed by atoms with Gasteiger partial charge in [0.2, 0.25) is 0 Å². The normalized spacial score (nSPS) is 18.7. The van der Waals surface area contributed by atoms with Crippen LogP contribution in [-0.4, -0.2) is 22.8 Å². The summed E-state index contributed by atoms with van der Waals surface area (Å²) in [4.78, 5) is 4.07. The van der Waals surface area contributed by atoms with Gasteiger partial charge in [0.25, 0.3) is 0 Å². The lowest BCUT2D eigenvalue weighted by Crippen LogP contribution is -2.48. The fraction of sp³-hybridized carbons (Fsp3) is 0.240. The van der Waals surface area contributed by atoms with Gasteiger partial charge in [-0.1, -0.05) is 42.5 Å². The molecular weight excluding hydrogens is 492 g/mol. The SMILES string of the molecule is Cc1ccc2c(C)c(C3=C(c4nc(-c5ccccc5)sc4C)C(F)(F)C(F)(F)C3(F)F)sc2c1. The minimum Gasteiger partial charge on any atom is -0.236 e. The Labute approximate surface area is 199 Å². The molecule has 2 aromatic carbocycles. The van der Waals surface area contributed by atoms with Crippen LogP contribution < -0.4 is 0 Å². The molecule has 0 amide bonds. The Morgan fingerprint density at radius 1 is 0.765 bits per heavy atom. The molecule has 9 heteroatoms. The minimum atomic E-state index is -5.60. The number of hydrogen-bond donors (Lipinski definition) is 0. The van der Waals surface area contributed by atoms with Crippen molar-refractivity contribution in [2.24, 2.45) is 0 Å². The molecule has 1 aliphatic rings. The van der Waals surface area contributed by atoms with Crippen LogP contribution in [0.5, 0.6) is 0 Å². The number of alkyl halides is 6. The average Bonchev–Trinajstić information content (AvgIpc) is 3.33. The molecule has 0 atom stereocenters. The first kappa shape index (κ1) is 23.1. The quantitative estimate of drug-likeness (QED) is 0.252. The van der Waals surface area contributed by atoms with Gasteiger partial charge in [0.15, 0.2) is 0 Å². The first-order chi connectivity index (χ1) is 15.9. The Morgan fingerprint density at radius 3 is 2.09 bits per heavy atom. The molecule has 0 saturated heterocycles. The zero-order chi connectivity index (χ0) is 24.6. The Bertz CT molecular complexity index is 1460. The van der Waals surface area contributed by atoms with Crippen LogP contribution in [0.25, 0.3) is 31.8 Å². The number of aryl methyl sites for hydroxylation is 3. The number of halogens is 6. The third-order valence-electron chi connectivity index (χ3n) is 6.04. The number of fused-ring (bicyclic) bond motifs is 1. The second-order valence-electron chi connectivity index (χ2n) is 8.32. The Kier molecular flexibility index (Phi) is 5.04. The molecule has 0 N–H and O–H groups in total. The molecule has 1 nitrogen and oxygen atoms in total. The molecule has 0 bridgehead atoms. The molecule has 176 valence electrons. The predicted molar refractivity (Wildman–Crippen MR) is 125 cm³/mol. The lowest BCUT2D eigenvalue weighted by atomic mass is 9.99. The van der Waals surface area contributed by atoms with E-state index in [9.17, 15) is 8.78 Å². The number of rotatable bonds is 3. The largest absolute Gasteiger partial charge is 0.380 e. The number of hydrogen-bond acceptors (Lipinski definition) is 3. The summed E-state index contributed by atoms with van der Waals surface area (Å²) in [6.45, 7) is 4.72. The Morgan fingerprint density at radius 2 is 1.41 bits per heavy atom. The number of benzene rings is 2. The molecule has 4 aromatic rings. The van der Waals surface area contributed by atoms with Crippen LogP contribution in [0.15, 0.2) is 48.5 Å². The molecule has 2 aromatic heterocycles. The van der Waals surface area contributed by atoms with E-state index in [1.165, 1.54) is 13.8 Å². The van der Waals surface area contributed by atoms with E-state index in [1.54, 1.807) is 55.5 Å². The molecule has 0 radical (unpaired) electrons. The van der Waals surface area contributed by atoms with Gasteiger partial charge in [-0.3, -0.25) is 0 Å². The number of aromatic nitrogens is 1. The van der Waals surface area contributed by atoms with Crippen LogP contribution in [-0.2, 0) is 0 Å². The van der Waals surface area contributed by atoms with Gasteiger partial charge in [-0.05, 0) is 43.4 Å². The molecule has 0 aliphatic heterocycles. The third-order valence-corrected chi connectivity index (χ3v) is 8.33. The highest BCUT2D eigenvalue weighted by molar-refractivity contribution is 7.20. The molecule has 0 saturated carbocycles. The minimum absolute atomic E-state index is 0.161. The summed E-state index contributed by atoms with van der Waals surface area (Å²) in [5, 5.41) is 0.852. The second-order valence-corrected chi connectivity index (χ2v) is 10.6. The van der Waals surface area contributed by atoms with Crippen molar-refractivity contribution in [1.29, 1.82) is 0 Å². The molecular formula is C25H17F6NS2. The second kappa shape index (κ2) is 7.42. The summed E-state index contributed by atoms with van der Waals surface area (Å²) in [5.41, 5.74) is -1.58. The van der Waals surface area contributed by atoms with Gasteiger partial charge in [-0.25, -0.2) is 4.98 Å². The fourth-order valence-electron chi connectivity index (χ4n) is 4.25. The summed E-state index contributed by atoms with van der Waals surface area (Å²) >= 11 is 1.82. The van der Waals surface area contributed by atoms with Crippen molar-refractivity contribution in [3.63, 3.8) is 0 Å². The van der Waals surface area contributed by atoms with Crippen molar-refractivity contribution in [3.8, 4) is 10.6 Å². The number of thiazole rings is 1. The lowest BCUT2D eigenvalue weighted by molar-refractivity contribution is -0.254. The first-order valence-electron chi connectivity index (χ1n) is 10.3. The van der Waals surface area contributed by atoms with Gasteiger partial charge in [0.1, 0.15) is 5.01 Å². The van der Waals surface area contributed by atoms with E-state index < -0.39 is 34.6 Å². The van der Waals surface area contributed by atoms with Crippen molar-refractivity contribution < 1.29 is 26.3 Å². The Hall–Kier alpha value is -2.65. The molecule has 0 unspecified atom stereocenters. The van der Waals surface area contributed by atoms with Crippen molar-refractivity contribution in [3.05, 3.63) is 75.1 Å².